The van der Waals surface area contributed by atoms with E-state index in [-0.39, 0.29) is 12.3 Å². The molecule has 0 radical (unpaired) electrons. The van der Waals surface area contributed by atoms with Gasteiger partial charge < -0.3 is 9.84 Å². The van der Waals surface area contributed by atoms with Crippen LogP contribution in [-0.4, -0.2) is 17.7 Å². The van der Waals surface area contributed by atoms with E-state index in [4.69, 9.17) is 9.84 Å². The molecule has 102 valence electrons. The second-order valence-corrected chi connectivity index (χ2v) is 4.46. The topological polar surface area (TPSA) is 46.5 Å². The average Bonchev–Trinajstić information content (AvgIpc) is 2.36. The highest BCUT2D eigenvalue weighted by Crippen LogP contribution is 2.27. The van der Waals surface area contributed by atoms with E-state index in [1.54, 1.807) is 6.08 Å². The lowest BCUT2D eigenvalue weighted by molar-refractivity contribution is -0.137. The number of aliphatic carboxylic acids is 1. The molecule has 0 saturated heterocycles. The van der Waals surface area contributed by atoms with Crippen LogP contribution in [0.2, 0.25) is 0 Å². The van der Waals surface area contributed by atoms with Crippen LogP contribution in [0.3, 0.4) is 0 Å². The van der Waals surface area contributed by atoms with Crippen molar-refractivity contribution in [1.29, 1.82) is 0 Å². The fraction of sp³-hybridized carbons (Fsp3) is 0.312. The molecule has 0 fully saturated rings. The van der Waals surface area contributed by atoms with Gasteiger partial charge in [0.2, 0.25) is 0 Å². The zero-order valence-corrected chi connectivity index (χ0v) is 11.3. The number of rotatable bonds is 8. The normalized spacial score (nSPS) is 11.6. The first kappa shape index (κ1) is 15.0. The van der Waals surface area contributed by atoms with Crippen molar-refractivity contribution in [3.8, 4) is 5.75 Å². The van der Waals surface area contributed by atoms with Crippen LogP contribution in [0.4, 0.5) is 0 Å². The van der Waals surface area contributed by atoms with Gasteiger partial charge in [0.1, 0.15) is 12.4 Å². The molecule has 1 N–H and O–H groups in total. The number of ether oxygens (including phenoxy) is 1. The Morgan fingerprint density at radius 3 is 2.74 bits per heavy atom. The minimum Gasteiger partial charge on any atom is -0.489 e. The Hall–Kier alpha value is -2.03. The molecule has 1 atom stereocenters. The Bertz CT molecular complexity index is 463. The number of carboxylic acids is 1. The third-order valence-corrected chi connectivity index (χ3v) is 2.86. The van der Waals surface area contributed by atoms with E-state index in [2.05, 4.69) is 13.2 Å². The molecule has 0 bridgehead atoms. The molecule has 0 spiro atoms. The summed E-state index contributed by atoms with van der Waals surface area (Å²) in [6.07, 6.45) is 4.32. The van der Waals surface area contributed by atoms with Crippen molar-refractivity contribution >= 4 is 5.97 Å². The lowest BCUT2D eigenvalue weighted by Gasteiger charge is -2.14. The van der Waals surface area contributed by atoms with Gasteiger partial charge in [0.25, 0.3) is 0 Å². The van der Waals surface area contributed by atoms with Crippen molar-refractivity contribution in [3.63, 3.8) is 0 Å². The monoisotopic (exact) mass is 260 g/mol. The molecule has 1 unspecified atom stereocenters. The Balaban J connectivity index is 2.96. The van der Waals surface area contributed by atoms with E-state index in [0.717, 1.165) is 16.9 Å². The number of benzene rings is 1. The van der Waals surface area contributed by atoms with Crippen LogP contribution in [0.1, 0.15) is 30.4 Å². The maximum absolute atomic E-state index is 10.8. The van der Waals surface area contributed by atoms with Gasteiger partial charge in [-0.25, -0.2) is 0 Å². The predicted molar refractivity (Wildman–Crippen MR) is 76.7 cm³/mol. The molecule has 0 aromatic heterocycles. The summed E-state index contributed by atoms with van der Waals surface area (Å²) in [4.78, 5) is 10.8. The predicted octanol–water partition coefficient (Wildman–Crippen LogP) is 3.56. The second kappa shape index (κ2) is 7.41. The zero-order valence-electron chi connectivity index (χ0n) is 11.3. The zero-order chi connectivity index (χ0) is 14.3. The van der Waals surface area contributed by atoms with Crippen LogP contribution in [0.25, 0.3) is 0 Å². The molecular weight excluding hydrogens is 240 g/mol. The quantitative estimate of drug-likeness (QED) is 0.727. The van der Waals surface area contributed by atoms with Gasteiger partial charge in [-0.15, -0.1) is 6.58 Å². The van der Waals surface area contributed by atoms with Crippen molar-refractivity contribution in [2.45, 2.75) is 25.7 Å². The minimum absolute atomic E-state index is 0.0190. The van der Waals surface area contributed by atoms with E-state index in [9.17, 15) is 4.79 Å². The first-order valence-electron chi connectivity index (χ1n) is 6.27. The van der Waals surface area contributed by atoms with Crippen molar-refractivity contribution in [2.24, 2.45) is 0 Å². The van der Waals surface area contributed by atoms with Gasteiger partial charge in [-0.2, -0.15) is 0 Å². The Morgan fingerprint density at radius 1 is 1.42 bits per heavy atom. The van der Waals surface area contributed by atoms with Gasteiger partial charge >= 0.3 is 5.97 Å². The van der Waals surface area contributed by atoms with E-state index in [1.807, 2.05) is 31.2 Å². The van der Waals surface area contributed by atoms with Crippen LogP contribution in [-0.2, 0) is 11.2 Å². The third-order valence-electron chi connectivity index (χ3n) is 2.86. The highest BCUT2D eigenvalue weighted by molar-refractivity contribution is 5.68. The van der Waals surface area contributed by atoms with E-state index >= 15 is 0 Å². The SMILES string of the molecule is C=CCOc1ccc(C(C)CC(=O)O)cc1CC=C. The first-order chi connectivity index (χ1) is 9.08. The molecule has 0 saturated carbocycles. The summed E-state index contributed by atoms with van der Waals surface area (Å²) in [6, 6.07) is 5.79. The molecule has 0 heterocycles. The summed E-state index contributed by atoms with van der Waals surface area (Å²) in [5, 5.41) is 8.84. The lowest BCUT2D eigenvalue weighted by Crippen LogP contribution is -2.04. The summed E-state index contributed by atoms with van der Waals surface area (Å²) in [5.74, 6) is -0.00894. The molecule has 0 aliphatic rings. The second-order valence-electron chi connectivity index (χ2n) is 4.46. The summed E-state index contributed by atoms with van der Waals surface area (Å²) in [5.41, 5.74) is 2.02. The average molecular weight is 260 g/mol. The maximum atomic E-state index is 10.8. The summed E-state index contributed by atoms with van der Waals surface area (Å²) in [6.45, 7) is 9.71. The largest absolute Gasteiger partial charge is 0.489 e. The van der Waals surface area contributed by atoms with Gasteiger partial charge in [-0.1, -0.05) is 37.8 Å². The molecule has 1 aromatic rings. The molecule has 3 nitrogen and oxygen atoms in total. The maximum Gasteiger partial charge on any atom is 0.303 e. The molecule has 0 amide bonds. The fourth-order valence-electron chi connectivity index (χ4n) is 1.89. The van der Waals surface area contributed by atoms with Crippen LogP contribution in [0.15, 0.2) is 43.5 Å². The smallest absolute Gasteiger partial charge is 0.303 e. The van der Waals surface area contributed by atoms with Crippen molar-refractivity contribution in [1.82, 2.24) is 0 Å². The molecule has 0 aliphatic carbocycles. The number of hydrogen-bond acceptors (Lipinski definition) is 2. The molecule has 0 aliphatic heterocycles. The Morgan fingerprint density at radius 2 is 2.16 bits per heavy atom. The molecule has 1 aromatic carbocycles. The summed E-state index contributed by atoms with van der Waals surface area (Å²) < 4.78 is 5.57. The van der Waals surface area contributed by atoms with Crippen molar-refractivity contribution < 1.29 is 14.6 Å². The molecule has 1 rings (SSSR count). The lowest BCUT2D eigenvalue weighted by atomic mass is 9.95. The van der Waals surface area contributed by atoms with Gasteiger partial charge in [0.05, 0.1) is 6.42 Å². The number of carbonyl (C=O) groups is 1. The number of hydrogen-bond donors (Lipinski definition) is 1. The van der Waals surface area contributed by atoms with Gasteiger partial charge in [0, 0.05) is 0 Å². The van der Waals surface area contributed by atoms with Crippen LogP contribution < -0.4 is 4.74 Å². The van der Waals surface area contributed by atoms with Gasteiger partial charge in [0.15, 0.2) is 0 Å². The number of allylic oxidation sites excluding steroid dienone is 1. The highest BCUT2D eigenvalue weighted by Gasteiger charge is 2.12. The first-order valence-corrected chi connectivity index (χ1v) is 6.27. The van der Waals surface area contributed by atoms with Crippen LogP contribution in [0, 0.1) is 0 Å². The standard InChI is InChI=1S/C16H20O3/c1-4-6-14-11-13(12(3)10-16(17)18)7-8-15(14)19-9-5-2/h4-5,7-8,11-12H,1-2,6,9-10H2,3H3,(H,17,18). The molecular formula is C16H20O3. The highest BCUT2D eigenvalue weighted by atomic mass is 16.5. The summed E-state index contributed by atoms with van der Waals surface area (Å²) in [7, 11) is 0. The van der Waals surface area contributed by atoms with E-state index in [1.165, 1.54) is 0 Å². The van der Waals surface area contributed by atoms with Gasteiger partial charge in [-0.05, 0) is 29.5 Å². The van der Waals surface area contributed by atoms with Crippen molar-refractivity contribution in [2.75, 3.05) is 6.61 Å². The fourth-order valence-corrected chi connectivity index (χ4v) is 1.89. The van der Waals surface area contributed by atoms with E-state index < -0.39 is 5.97 Å². The summed E-state index contributed by atoms with van der Waals surface area (Å²) >= 11 is 0. The third kappa shape index (κ3) is 4.62. The van der Waals surface area contributed by atoms with E-state index in [0.29, 0.717) is 13.0 Å². The van der Waals surface area contributed by atoms with Crippen LogP contribution >= 0.6 is 0 Å². The molecule has 19 heavy (non-hydrogen) atoms. The minimum atomic E-state index is -0.787. The Kier molecular flexibility index (Phi) is 5.86. The number of carboxylic acid groups (broad SMARTS) is 1. The molecule has 3 heteroatoms. The Labute approximate surface area is 114 Å². The van der Waals surface area contributed by atoms with Crippen LogP contribution in [0.5, 0.6) is 5.75 Å². The van der Waals surface area contributed by atoms with Crippen molar-refractivity contribution in [3.05, 3.63) is 54.6 Å². The van der Waals surface area contributed by atoms with Gasteiger partial charge in [-0.3, -0.25) is 4.79 Å².